The van der Waals surface area contributed by atoms with Crippen molar-refractivity contribution in [2.45, 2.75) is 45.6 Å². The van der Waals surface area contributed by atoms with E-state index < -0.39 is 0 Å². The van der Waals surface area contributed by atoms with Gasteiger partial charge in [0.25, 0.3) is 0 Å². The minimum absolute atomic E-state index is 0.426. The molecular formula is C17H24N2. The molecule has 102 valence electrons. The SMILES string of the molecule is CCCCCC(NCC)c1cccc2cccnc12. The van der Waals surface area contributed by atoms with Crippen molar-refractivity contribution in [3.05, 3.63) is 42.1 Å². The molecule has 2 aromatic rings. The molecule has 1 heterocycles. The van der Waals surface area contributed by atoms with Crippen molar-refractivity contribution >= 4 is 10.9 Å². The zero-order valence-electron chi connectivity index (χ0n) is 12.0. The van der Waals surface area contributed by atoms with Crippen LogP contribution in [0.5, 0.6) is 0 Å². The number of hydrogen-bond donors (Lipinski definition) is 1. The predicted molar refractivity (Wildman–Crippen MR) is 82.3 cm³/mol. The number of rotatable bonds is 7. The fourth-order valence-corrected chi connectivity index (χ4v) is 2.62. The van der Waals surface area contributed by atoms with Crippen LogP contribution in [-0.2, 0) is 0 Å². The molecule has 0 fully saturated rings. The maximum absolute atomic E-state index is 4.57. The molecule has 0 bridgehead atoms. The van der Waals surface area contributed by atoms with Crippen molar-refractivity contribution < 1.29 is 0 Å². The van der Waals surface area contributed by atoms with E-state index in [0.29, 0.717) is 6.04 Å². The first-order valence-electron chi connectivity index (χ1n) is 7.43. The molecule has 0 radical (unpaired) electrons. The van der Waals surface area contributed by atoms with Gasteiger partial charge in [-0.3, -0.25) is 4.98 Å². The highest BCUT2D eigenvalue weighted by Crippen LogP contribution is 2.26. The highest BCUT2D eigenvalue weighted by molar-refractivity contribution is 5.81. The van der Waals surface area contributed by atoms with Gasteiger partial charge in [-0.2, -0.15) is 0 Å². The van der Waals surface area contributed by atoms with Gasteiger partial charge in [-0.05, 0) is 24.6 Å². The topological polar surface area (TPSA) is 24.9 Å². The summed E-state index contributed by atoms with van der Waals surface area (Å²) in [6.45, 7) is 5.42. The van der Waals surface area contributed by atoms with Crippen LogP contribution in [-0.4, -0.2) is 11.5 Å². The molecule has 1 unspecified atom stereocenters. The van der Waals surface area contributed by atoms with Gasteiger partial charge in [-0.25, -0.2) is 0 Å². The van der Waals surface area contributed by atoms with Crippen LogP contribution < -0.4 is 5.32 Å². The summed E-state index contributed by atoms with van der Waals surface area (Å²) < 4.78 is 0. The molecule has 1 N–H and O–H groups in total. The molecule has 1 aromatic heterocycles. The first-order chi connectivity index (χ1) is 9.36. The lowest BCUT2D eigenvalue weighted by molar-refractivity contribution is 0.489. The molecule has 1 aromatic carbocycles. The van der Waals surface area contributed by atoms with Gasteiger partial charge in [0.1, 0.15) is 0 Å². The average molecular weight is 256 g/mol. The van der Waals surface area contributed by atoms with E-state index in [0.717, 1.165) is 12.1 Å². The molecule has 0 saturated heterocycles. The van der Waals surface area contributed by atoms with Gasteiger partial charge in [-0.15, -0.1) is 0 Å². The van der Waals surface area contributed by atoms with Crippen molar-refractivity contribution in [1.82, 2.24) is 10.3 Å². The molecule has 0 aliphatic carbocycles. The van der Waals surface area contributed by atoms with E-state index in [4.69, 9.17) is 0 Å². The average Bonchev–Trinajstić information content (AvgIpc) is 2.46. The Balaban J connectivity index is 2.27. The first kappa shape index (κ1) is 14.0. The van der Waals surface area contributed by atoms with Gasteiger partial charge in [0.15, 0.2) is 0 Å². The second-order valence-corrected chi connectivity index (χ2v) is 5.03. The molecular weight excluding hydrogens is 232 g/mol. The van der Waals surface area contributed by atoms with E-state index in [-0.39, 0.29) is 0 Å². The maximum Gasteiger partial charge on any atom is 0.0749 e. The fraction of sp³-hybridized carbons (Fsp3) is 0.471. The largest absolute Gasteiger partial charge is 0.310 e. The summed E-state index contributed by atoms with van der Waals surface area (Å²) in [7, 11) is 0. The molecule has 2 nitrogen and oxygen atoms in total. The van der Waals surface area contributed by atoms with Crippen molar-refractivity contribution in [3.63, 3.8) is 0 Å². The fourth-order valence-electron chi connectivity index (χ4n) is 2.62. The Morgan fingerprint density at radius 1 is 1.11 bits per heavy atom. The number of benzene rings is 1. The Morgan fingerprint density at radius 3 is 2.74 bits per heavy atom. The van der Waals surface area contributed by atoms with E-state index in [1.807, 2.05) is 12.3 Å². The Bertz CT molecular complexity index is 502. The molecule has 0 aliphatic heterocycles. The van der Waals surface area contributed by atoms with Crippen LogP contribution in [0.4, 0.5) is 0 Å². The zero-order chi connectivity index (χ0) is 13.5. The van der Waals surface area contributed by atoms with Crippen LogP contribution in [0.3, 0.4) is 0 Å². The highest BCUT2D eigenvalue weighted by Gasteiger charge is 2.13. The number of fused-ring (bicyclic) bond motifs is 1. The van der Waals surface area contributed by atoms with E-state index in [2.05, 4.69) is 48.4 Å². The van der Waals surface area contributed by atoms with Crippen LogP contribution >= 0.6 is 0 Å². The molecule has 0 spiro atoms. The monoisotopic (exact) mass is 256 g/mol. The summed E-state index contributed by atoms with van der Waals surface area (Å²) in [4.78, 5) is 4.57. The molecule has 0 saturated carbocycles. The third-order valence-electron chi connectivity index (χ3n) is 3.59. The molecule has 19 heavy (non-hydrogen) atoms. The Hall–Kier alpha value is -1.41. The summed E-state index contributed by atoms with van der Waals surface area (Å²) in [6.07, 6.45) is 6.93. The van der Waals surface area contributed by atoms with E-state index in [9.17, 15) is 0 Å². The lowest BCUT2D eigenvalue weighted by Crippen LogP contribution is -2.21. The van der Waals surface area contributed by atoms with Crippen LogP contribution in [0.15, 0.2) is 36.5 Å². The number of hydrogen-bond acceptors (Lipinski definition) is 2. The quantitative estimate of drug-likeness (QED) is 0.739. The van der Waals surface area contributed by atoms with Crippen LogP contribution in [0.25, 0.3) is 10.9 Å². The van der Waals surface area contributed by atoms with E-state index in [1.54, 1.807) is 0 Å². The van der Waals surface area contributed by atoms with Gasteiger partial charge >= 0.3 is 0 Å². The number of nitrogens with one attached hydrogen (secondary N) is 1. The standard InChI is InChI=1S/C17H24N2/c1-3-5-6-12-16(18-4-2)15-11-7-9-14-10-8-13-19-17(14)15/h7-11,13,16,18H,3-6,12H2,1-2H3. The Labute approximate surface area is 116 Å². The van der Waals surface area contributed by atoms with Gasteiger partial charge in [-0.1, -0.05) is 57.4 Å². The number of pyridine rings is 1. The van der Waals surface area contributed by atoms with E-state index >= 15 is 0 Å². The minimum atomic E-state index is 0.426. The minimum Gasteiger partial charge on any atom is -0.310 e. The summed E-state index contributed by atoms with van der Waals surface area (Å²) in [5.74, 6) is 0. The zero-order valence-corrected chi connectivity index (χ0v) is 12.0. The number of para-hydroxylation sites is 1. The normalized spacial score (nSPS) is 12.7. The lowest BCUT2D eigenvalue weighted by atomic mass is 9.97. The molecule has 0 amide bonds. The second kappa shape index (κ2) is 7.25. The highest BCUT2D eigenvalue weighted by atomic mass is 14.9. The second-order valence-electron chi connectivity index (χ2n) is 5.03. The Kier molecular flexibility index (Phi) is 5.34. The summed E-state index contributed by atoms with van der Waals surface area (Å²) in [6, 6.07) is 11.1. The summed E-state index contributed by atoms with van der Waals surface area (Å²) in [5, 5.41) is 4.84. The molecule has 2 heteroatoms. The van der Waals surface area contributed by atoms with Crippen molar-refractivity contribution in [2.75, 3.05) is 6.54 Å². The van der Waals surface area contributed by atoms with Crippen LogP contribution in [0, 0.1) is 0 Å². The van der Waals surface area contributed by atoms with Gasteiger partial charge in [0.2, 0.25) is 0 Å². The lowest BCUT2D eigenvalue weighted by Gasteiger charge is -2.19. The smallest absolute Gasteiger partial charge is 0.0749 e. The first-order valence-corrected chi connectivity index (χ1v) is 7.43. The Morgan fingerprint density at radius 2 is 1.95 bits per heavy atom. The number of nitrogens with zero attached hydrogens (tertiary/aromatic N) is 1. The summed E-state index contributed by atoms with van der Waals surface area (Å²) in [5.41, 5.74) is 2.49. The molecule has 1 atom stereocenters. The number of unbranched alkanes of at least 4 members (excludes halogenated alkanes) is 2. The third-order valence-corrected chi connectivity index (χ3v) is 3.59. The maximum atomic E-state index is 4.57. The molecule has 2 rings (SSSR count). The van der Waals surface area contributed by atoms with E-state index in [1.165, 1.54) is 36.6 Å². The van der Waals surface area contributed by atoms with Gasteiger partial charge in [0, 0.05) is 17.6 Å². The summed E-state index contributed by atoms with van der Waals surface area (Å²) >= 11 is 0. The van der Waals surface area contributed by atoms with Gasteiger partial charge in [0.05, 0.1) is 5.52 Å². The van der Waals surface area contributed by atoms with Crippen molar-refractivity contribution in [2.24, 2.45) is 0 Å². The van der Waals surface area contributed by atoms with Crippen molar-refractivity contribution in [3.8, 4) is 0 Å². The number of aromatic nitrogens is 1. The van der Waals surface area contributed by atoms with Gasteiger partial charge < -0.3 is 5.32 Å². The predicted octanol–water partition coefficient (Wildman–Crippen LogP) is 4.47. The van der Waals surface area contributed by atoms with Crippen LogP contribution in [0.2, 0.25) is 0 Å². The van der Waals surface area contributed by atoms with Crippen molar-refractivity contribution in [1.29, 1.82) is 0 Å². The van der Waals surface area contributed by atoms with Crippen LogP contribution in [0.1, 0.15) is 51.1 Å². The molecule has 0 aliphatic rings. The third kappa shape index (κ3) is 3.54.